The third kappa shape index (κ3) is 3.61. The second-order valence-corrected chi connectivity index (χ2v) is 13.7. The Bertz CT molecular complexity index is 2600. The van der Waals surface area contributed by atoms with Gasteiger partial charge < -0.3 is 14.6 Å². The molecule has 3 unspecified atom stereocenters. The second-order valence-electron chi connectivity index (χ2n) is 13.7. The lowest BCUT2D eigenvalue weighted by Gasteiger charge is -2.26. The third-order valence-corrected chi connectivity index (χ3v) is 11.2. The molecular formula is C45H32N4O. The van der Waals surface area contributed by atoms with Crippen LogP contribution in [0.5, 0.6) is 5.75 Å². The molecule has 0 saturated heterocycles. The number of hydrogen-bond donors (Lipinski definition) is 1. The summed E-state index contributed by atoms with van der Waals surface area (Å²) in [5.41, 5.74) is 7.88. The maximum absolute atomic E-state index is 6.98. The normalized spacial score (nSPS) is 24.0. The topological polar surface area (TPSA) is 50.9 Å². The fraction of sp³-hybridized carbons (Fsp3) is 0.111. The highest BCUT2D eigenvalue weighted by atomic mass is 16.5. The number of aromatic nitrogens is 1. The molecule has 238 valence electrons. The summed E-state index contributed by atoms with van der Waals surface area (Å²) in [4.78, 5) is 11.1. The Balaban J connectivity index is 1.09. The fourth-order valence-electron chi connectivity index (χ4n) is 8.91. The molecule has 5 aromatic carbocycles. The van der Waals surface area contributed by atoms with Gasteiger partial charge in [0.2, 0.25) is 0 Å². The summed E-state index contributed by atoms with van der Waals surface area (Å²) in [5.74, 6) is 3.63. The van der Waals surface area contributed by atoms with Crippen molar-refractivity contribution in [2.24, 2.45) is 15.9 Å². The van der Waals surface area contributed by atoms with Crippen molar-refractivity contribution in [1.82, 2.24) is 9.88 Å². The molecular weight excluding hydrogens is 613 g/mol. The third-order valence-electron chi connectivity index (χ3n) is 11.2. The monoisotopic (exact) mass is 644 g/mol. The largest absolute Gasteiger partial charge is 0.460 e. The lowest BCUT2D eigenvalue weighted by molar-refractivity contribution is 0.405. The van der Waals surface area contributed by atoms with Gasteiger partial charge in [0.1, 0.15) is 28.6 Å². The Hall–Kier alpha value is -6.20. The van der Waals surface area contributed by atoms with Gasteiger partial charge in [-0.1, -0.05) is 121 Å². The van der Waals surface area contributed by atoms with Crippen molar-refractivity contribution in [1.29, 1.82) is 0 Å². The first-order valence-electron chi connectivity index (χ1n) is 17.4. The summed E-state index contributed by atoms with van der Waals surface area (Å²) in [7, 11) is 0. The van der Waals surface area contributed by atoms with Crippen LogP contribution in [0.25, 0.3) is 38.6 Å². The maximum Gasteiger partial charge on any atom is 0.179 e. The number of aliphatic imine (C=N–C) groups is 2. The number of benzene rings is 5. The number of para-hydroxylation sites is 3. The van der Waals surface area contributed by atoms with Gasteiger partial charge in [0.15, 0.2) is 5.66 Å². The number of rotatable bonds is 4. The Morgan fingerprint density at radius 1 is 0.700 bits per heavy atom. The SMILES string of the molecule is C1=CCCC(C2=NC3(N=C(c4ccccc4)N2)C2C=CC=C4Oc5c(-c6ccc7c(c6)c6ccccc6n7-c6ccccc6)cccc5C423)=C1. The summed E-state index contributed by atoms with van der Waals surface area (Å²) in [6.45, 7) is 0. The maximum atomic E-state index is 6.98. The first-order chi connectivity index (χ1) is 24.8. The molecule has 2 aliphatic heterocycles. The van der Waals surface area contributed by atoms with Gasteiger partial charge in [-0.2, -0.15) is 0 Å². The van der Waals surface area contributed by atoms with Gasteiger partial charge in [0.05, 0.1) is 11.0 Å². The lowest BCUT2D eigenvalue weighted by atomic mass is 9.87. The van der Waals surface area contributed by atoms with E-state index in [-0.39, 0.29) is 5.92 Å². The van der Waals surface area contributed by atoms with Crippen LogP contribution in [-0.4, -0.2) is 21.9 Å². The molecule has 1 N–H and O–H groups in total. The second kappa shape index (κ2) is 10.2. The highest BCUT2D eigenvalue weighted by molar-refractivity contribution is 6.17. The standard InChI is InChI=1S/C45H32N4O/c1-4-14-29(15-5-1)42-46-43(30-16-6-2-7-17-30)48-45(47-42)39-24-13-25-40-44(39,45)36-22-12-21-33(41(36)50-40)31-26-27-38-35(28-31)34-20-10-11-23-37(34)49(38)32-18-8-3-9-19-32/h1-6,8-16,18-28,39H,7,17H2,(H,46,47,48). The average molecular weight is 645 g/mol. The Morgan fingerprint density at radius 3 is 2.36 bits per heavy atom. The van der Waals surface area contributed by atoms with Crippen LogP contribution in [0.2, 0.25) is 0 Å². The molecule has 1 aromatic heterocycles. The van der Waals surface area contributed by atoms with E-state index in [0.717, 1.165) is 64.0 Å². The molecule has 5 nitrogen and oxygen atoms in total. The molecule has 0 radical (unpaired) electrons. The van der Waals surface area contributed by atoms with Crippen molar-refractivity contribution < 1.29 is 4.74 Å². The van der Waals surface area contributed by atoms with E-state index in [4.69, 9.17) is 14.7 Å². The van der Waals surface area contributed by atoms with Crippen LogP contribution in [0.15, 0.2) is 179 Å². The fourth-order valence-corrected chi connectivity index (χ4v) is 8.91. The Kier molecular flexibility index (Phi) is 5.63. The van der Waals surface area contributed by atoms with Crippen molar-refractivity contribution in [2.75, 3.05) is 0 Å². The predicted octanol–water partition coefficient (Wildman–Crippen LogP) is 9.59. The van der Waals surface area contributed by atoms with Crippen molar-refractivity contribution in [3.8, 4) is 22.6 Å². The molecule has 1 fully saturated rings. The number of ether oxygens (including phenoxy) is 1. The lowest BCUT2D eigenvalue weighted by Crippen LogP contribution is -2.41. The van der Waals surface area contributed by atoms with Gasteiger partial charge in [-0.25, -0.2) is 9.98 Å². The summed E-state index contributed by atoms with van der Waals surface area (Å²) >= 11 is 0. The van der Waals surface area contributed by atoms with Crippen LogP contribution >= 0.6 is 0 Å². The summed E-state index contributed by atoms with van der Waals surface area (Å²) < 4.78 is 9.34. The van der Waals surface area contributed by atoms with Crippen LogP contribution in [0.1, 0.15) is 24.0 Å². The van der Waals surface area contributed by atoms with E-state index >= 15 is 0 Å². The zero-order valence-electron chi connectivity index (χ0n) is 27.3. The van der Waals surface area contributed by atoms with Crippen LogP contribution in [-0.2, 0) is 5.41 Å². The van der Waals surface area contributed by atoms with Crippen LogP contribution in [0, 0.1) is 5.92 Å². The van der Waals surface area contributed by atoms with Gasteiger partial charge >= 0.3 is 0 Å². The molecule has 6 aromatic rings. The smallest absolute Gasteiger partial charge is 0.179 e. The van der Waals surface area contributed by atoms with Crippen molar-refractivity contribution >= 4 is 33.5 Å². The molecule has 3 heterocycles. The number of hydrogen-bond acceptors (Lipinski definition) is 4. The molecule has 0 amide bonds. The van der Waals surface area contributed by atoms with E-state index in [0.29, 0.717) is 0 Å². The van der Waals surface area contributed by atoms with Gasteiger partial charge in [-0.15, -0.1) is 0 Å². The molecule has 50 heavy (non-hydrogen) atoms. The highest BCUT2D eigenvalue weighted by Gasteiger charge is 2.84. The van der Waals surface area contributed by atoms with Crippen LogP contribution < -0.4 is 10.1 Å². The van der Waals surface area contributed by atoms with E-state index in [2.05, 4.69) is 162 Å². The van der Waals surface area contributed by atoms with E-state index in [1.807, 2.05) is 6.07 Å². The zero-order chi connectivity index (χ0) is 32.9. The molecule has 11 rings (SSSR count). The summed E-state index contributed by atoms with van der Waals surface area (Å²) in [6, 6.07) is 43.1. The Morgan fingerprint density at radius 2 is 1.50 bits per heavy atom. The Labute approximate surface area is 290 Å². The molecule has 2 spiro atoms. The zero-order valence-corrected chi connectivity index (χ0v) is 27.3. The molecule has 0 bridgehead atoms. The van der Waals surface area contributed by atoms with E-state index < -0.39 is 11.1 Å². The van der Waals surface area contributed by atoms with E-state index in [1.165, 1.54) is 27.4 Å². The van der Waals surface area contributed by atoms with Crippen LogP contribution in [0.4, 0.5) is 0 Å². The quantitative estimate of drug-likeness (QED) is 0.208. The van der Waals surface area contributed by atoms with Gasteiger partial charge in [-0.3, -0.25) is 0 Å². The minimum Gasteiger partial charge on any atom is -0.460 e. The minimum absolute atomic E-state index is 0.0355. The molecule has 3 atom stereocenters. The number of fused-ring (bicyclic) bond motifs is 5. The first kappa shape index (κ1) is 27.7. The van der Waals surface area contributed by atoms with Gasteiger partial charge in [-0.05, 0) is 60.4 Å². The number of nitrogens with one attached hydrogen (secondary N) is 1. The van der Waals surface area contributed by atoms with Crippen molar-refractivity contribution in [2.45, 2.75) is 23.9 Å². The summed E-state index contributed by atoms with van der Waals surface area (Å²) in [6.07, 6.45) is 15.0. The molecule has 1 saturated carbocycles. The molecule has 3 aliphatic carbocycles. The predicted molar refractivity (Wildman–Crippen MR) is 202 cm³/mol. The highest BCUT2D eigenvalue weighted by Crippen LogP contribution is 2.76. The number of allylic oxidation sites excluding steroid dienone is 5. The van der Waals surface area contributed by atoms with Crippen molar-refractivity contribution in [3.05, 3.63) is 180 Å². The van der Waals surface area contributed by atoms with Crippen molar-refractivity contribution in [3.63, 3.8) is 0 Å². The minimum atomic E-state index is -0.753. The number of nitrogens with zero attached hydrogens (tertiary/aromatic N) is 3. The van der Waals surface area contributed by atoms with Gasteiger partial charge in [0.25, 0.3) is 0 Å². The van der Waals surface area contributed by atoms with E-state index in [9.17, 15) is 0 Å². The summed E-state index contributed by atoms with van der Waals surface area (Å²) in [5, 5.41) is 6.09. The van der Waals surface area contributed by atoms with E-state index in [1.54, 1.807) is 0 Å². The molecule has 5 heteroatoms. The first-order valence-corrected chi connectivity index (χ1v) is 17.4. The molecule has 5 aliphatic rings. The average Bonchev–Trinajstić information content (AvgIpc) is 3.42. The number of amidine groups is 2. The van der Waals surface area contributed by atoms with Crippen LogP contribution in [0.3, 0.4) is 0 Å². The van der Waals surface area contributed by atoms with Gasteiger partial charge in [0, 0.05) is 39.1 Å².